The number of carbonyl (C=O) groups excluding carboxylic acids is 1. The Balaban J connectivity index is 1.91. The monoisotopic (exact) mass is 247 g/mol. The Labute approximate surface area is 109 Å². The van der Waals surface area contributed by atoms with Crippen LogP contribution in [0.5, 0.6) is 0 Å². The molecule has 1 atom stereocenters. The molecule has 1 aliphatic rings. The van der Waals surface area contributed by atoms with Gasteiger partial charge in [-0.05, 0) is 19.1 Å². The zero-order chi connectivity index (χ0) is 13.0. The van der Waals surface area contributed by atoms with Crippen LogP contribution in [0.4, 0.5) is 5.69 Å². The van der Waals surface area contributed by atoms with Gasteiger partial charge in [-0.3, -0.25) is 9.69 Å². The van der Waals surface area contributed by atoms with E-state index in [9.17, 15) is 4.79 Å². The Bertz CT molecular complexity index is 393. The van der Waals surface area contributed by atoms with Gasteiger partial charge in [0.2, 0.25) is 5.91 Å². The van der Waals surface area contributed by atoms with Crippen molar-refractivity contribution >= 4 is 11.6 Å². The summed E-state index contributed by atoms with van der Waals surface area (Å²) in [6.07, 6.45) is 0. The molecule has 1 saturated heterocycles. The quantitative estimate of drug-likeness (QED) is 0.863. The molecule has 0 unspecified atom stereocenters. The lowest BCUT2D eigenvalue weighted by Crippen LogP contribution is -2.52. The van der Waals surface area contributed by atoms with Gasteiger partial charge in [0.05, 0.1) is 6.54 Å². The molecule has 0 spiro atoms. The van der Waals surface area contributed by atoms with Crippen molar-refractivity contribution in [3.63, 3.8) is 0 Å². The van der Waals surface area contributed by atoms with Crippen LogP contribution >= 0.6 is 0 Å². The number of nitrogens with zero attached hydrogens (tertiary/aromatic N) is 2. The summed E-state index contributed by atoms with van der Waals surface area (Å²) < 4.78 is 0. The first-order valence-corrected chi connectivity index (χ1v) is 6.44. The van der Waals surface area contributed by atoms with Gasteiger partial charge in [0, 0.05) is 38.4 Å². The number of benzene rings is 1. The number of hydrogen-bond donors (Lipinski definition) is 1. The van der Waals surface area contributed by atoms with Crippen LogP contribution in [0.25, 0.3) is 0 Å². The van der Waals surface area contributed by atoms with Crippen LogP contribution in [0, 0.1) is 0 Å². The minimum atomic E-state index is 0.148. The molecule has 98 valence electrons. The van der Waals surface area contributed by atoms with Gasteiger partial charge in [-0.25, -0.2) is 0 Å². The molecule has 1 aromatic rings. The lowest BCUT2D eigenvalue weighted by molar-refractivity contribution is -0.119. The number of carbonyl (C=O) groups is 1. The fourth-order valence-electron chi connectivity index (χ4n) is 2.25. The van der Waals surface area contributed by atoms with Crippen LogP contribution < -0.4 is 10.2 Å². The zero-order valence-electron chi connectivity index (χ0n) is 11.1. The number of amides is 1. The van der Waals surface area contributed by atoms with Crippen LogP contribution in [-0.4, -0.2) is 50.1 Å². The Hall–Kier alpha value is -1.39. The summed E-state index contributed by atoms with van der Waals surface area (Å²) in [7, 11) is 1.84. The van der Waals surface area contributed by atoms with Gasteiger partial charge in [-0.15, -0.1) is 0 Å². The fraction of sp³-hybridized carbons (Fsp3) is 0.500. The van der Waals surface area contributed by atoms with E-state index in [-0.39, 0.29) is 5.91 Å². The maximum Gasteiger partial charge on any atom is 0.240 e. The van der Waals surface area contributed by atoms with Gasteiger partial charge in [0.25, 0.3) is 0 Å². The molecule has 1 N–H and O–H groups in total. The molecule has 4 nitrogen and oxygen atoms in total. The third kappa shape index (κ3) is 3.31. The Morgan fingerprint density at radius 3 is 2.83 bits per heavy atom. The predicted octanol–water partition coefficient (Wildman–Crippen LogP) is 0.943. The molecule has 1 heterocycles. The second-order valence-electron chi connectivity index (χ2n) is 4.88. The average Bonchev–Trinajstić information content (AvgIpc) is 2.39. The highest BCUT2D eigenvalue weighted by atomic mass is 16.2. The summed E-state index contributed by atoms with van der Waals surface area (Å²) >= 11 is 0. The molecule has 1 amide bonds. The van der Waals surface area contributed by atoms with Crippen LogP contribution in [-0.2, 0) is 4.79 Å². The van der Waals surface area contributed by atoms with E-state index in [1.807, 2.05) is 37.4 Å². The number of likely N-dealkylation sites (N-methyl/N-ethyl adjacent to an activating group) is 1. The first-order valence-electron chi connectivity index (χ1n) is 6.44. The van der Waals surface area contributed by atoms with Crippen molar-refractivity contribution in [3.05, 3.63) is 30.3 Å². The Morgan fingerprint density at radius 2 is 2.17 bits per heavy atom. The maximum atomic E-state index is 12.2. The summed E-state index contributed by atoms with van der Waals surface area (Å²) in [4.78, 5) is 16.1. The van der Waals surface area contributed by atoms with Gasteiger partial charge in [-0.1, -0.05) is 18.2 Å². The minimum absolute atomic E-state index is 0.148. The van der Waals surface area contributed by atoms with Gasteiger partial charge in [0.15, 0.2) is 0 Å². The van der Waals surface area contributed by atoms with E-state index in [4.69, 9.17) is 0 Å². The molecule has 1 aliphatic heterocycles. The van der Waals surface area contributed by atoms with Crippen molar-refractivity contribution in [1.29, 1.82) is 0 Å². The molecule has 0 aliphatic carbocycles. The Kier molecular flexibility index (Phi) is 4.33. The van der Waals surface area contributed by atoms with E-state index in [0.29, 0.717) is 12.6 Å². The maximum absolute atomic E-state index is 12.2. The lowest BCUT2D eigenvalue weighted by atomic mass is 10.2. The first kappa shape index (κ1) is 13.1. The first-order chi connectivity index (χ1) is 8.66. The van der Waals surface area contributed by atoms with E-state index in [1.165, 1.54) is 0 Å². The van der Waals surface area contributed by atoms with Crippen molar-refractivity contribution in [1.82, 2.24) is 10.2 Å². The number of para-hydroxylation sites is 1. The number of hydrogen-bond acceptors (Lipinski definition) is 3. The molecule has 1 fully saturated rings. The third-order valence-electron chi connectivity index (χ3n) is 3.33. The normalized spacial score (nSPS) is 20.7. The van der Waals surface area contributed by atoms with E-state index in [1.54, 1.807) is 4.90 Å². The van der Waals surface area contributed by atoms with Gasteiger partial charge in [-0.2, -0.15) is 0 Å². The predicted molar refractivity (Wildman–Crippen MR) is 73.8 cm³/mol. The van der Waals surface area contributed by atoms with Crippen molar-refractivity contribution < 1.29 is 4.79 Å². The second kappa shape index (κ2) is 5.98. The van der Waals surface area contributed by atoms with Gasteiger partial charge >= 0.3 is 0 Å². The van der Waals surface area contributed by atoms with E-state index < -0.39 is 0 Å². The molecular weight excluding hydrogens is 226 g/mol. The van der Waals surface area contributed by atoms with Crippen LogP contribution in [0.1, 0.15) is 6.92 Å². The van der Waals surface area contributed by atoms with Crippen molar-refractivity contribution in [2.75, 3.05) is 38.1 Å². The SMILES string of the molecule is C[C@@H]1CN(CC(=O)N(C)c2ccccc2)CCN1. The van der Waals surface area contributed by atoms with E-state index in [2.05, 4.69) is 17.1 Å². The zero-order valence-corrected chi connectivity index (χ0v) is 11.1. The third-order valence-corrected chi connectivity index (χ3v) is 3.33. The smallest absolute Gasteiger partial charge is 0.240 e. The van der Waals surface area contributed by atoms with Crippen molar-refractivity contribution in [2.24, 2.45) is 0 Å². The molecular formula is C14H21N3O. The average molecular weight is 247 g/mol. The highest BCUT2D eigenvalue weighted by molar-refractivity contribution is 5.94. The standard InChI is InChI=1S/C14H21N3O/c1-12-10-17(9-8-15-12)11-14(18)16(2)13-6-4-3-5-7-13/h3-7,12,15H,8-11H2,1-2H3/t12-/m1/s1. The summed E-state index contributed by atoms with van der Waals surface area (Å²) in [5.41, 5.74) is 0.950. The molecule has 0 aromatic heterocycles. The topological polar surface area (TPSA) is 35.6 Å². The van der Waals surface area contributed by atoms with E-state index in [0.717, 1.165) is 25.3 Å². The summed E-state index contributed by atoms with van der Waals surface area (Å²) in [6, 6.07) is 10.2. The molecule has 18 heavy (non-hydrogen) atoms. The van der Waals surface area contributed by atoms with E-state index >= 15 is 0 Å². The Morgan fingerprint density at radius 1 is 1.44 bits per heavy atom. The number of nitrogens with one attached hydrogen (secondary N) is 1. The molecule has 2 rings (SSSR count). The minimum Gasteiger partial charge on any atom is -0.314 e. The van der Waals surface area contributed by atoms with Crippen LogP contribution in [0.2, 0.25) is 0 Å². The summed E-state index contributed by atoms with van der Waals surface area (Å²) in [6.45, 7) is 5.49. The highest BCUT2D eigenvalue weighted by Gasteiger charge is 2.20. The lowest BCUT2D eigenvalue weighted by Gasteiger charge is -2.32. The molecule has 0 bridgehead atoms. The largest absolute Gasteiger partial charge is 0.314 e. The molecule has 1 aromatic carbocycles. The number of rotatable bonds is 3. The van der Waals surface area contributed by atoms with Gasteiger partial charge < -0.3 is 10.2 Å². The highest BCUT2D eigenvalue weighted by Crippen LogP contribution is 2.11. The second-order valence-corrected chi connectivity index (χ2v) is 4.88. The number of anilines is 1. The number of piperazine rings is 1. The molecule has 4 heteroatoms. The van der Waals surface area contributed by atoms with Gasteiger partial charge in [0.1, 0.15) is 0 Å². The summed E-state index contributed by atoms with van der Waals surface area (Å²) in [5, 5.41) is 3.38. The summed E-state index contributed by atoms with van der Waals surface area (Å²) in [5.74, 6) is 0.148. The fourth-order valence-corrected chi connectivity index (χ4v) is 2.25. The van der Waals surface area contributed by atoms with Crippen LogP contribution in [0.3, 0.4) is 0 Å². The van der Waals surface area contributed by atoms with Crippen molar-refractivity contribution in [3.8, 4) is 0 Å². The molecule has 0 radical (unpaired) electrons. The van der Waals surface area contributed by atoms with Crippen LogP contribution in [0.15, 0.2) is 30.3 Å². The van der Waals surface area contributed by atoms with Crippen molar-refractivity contribution in [2.45, 2.75) is 13.0 Å². The molecule has 0 saturated carbocycles.